The molecular weight excluding hydrogens is 242 g/mol. The topological polar surface area (TPSA) is 21.3 Å². The Hall–Kier alpha value is -0.380. The molecule has 1 saturated heterocycles. The van der Waals surface area contributed by atoms with Gasteiger partial charge < -0.3 is 10.1 Å². The highest BCUT2D eigenvalue weighted by atomic mass is 32.1. The van der Waals surface area contributed by atoms with Crippen molar-refractivity contribution in [2.24, 2.45) is 5.92 Å². The summed E-state index contributed by atoms with van der Waals surface area (Å²) in [5, 5.41) is 3.73. The van der Waals surface area contributed by atoms with Crippen molar-refractivity contribution in [3.05, 3.63) is 21.4 Å². The van der Waals surface area contributed by atoms with Gasteiger partial charge in [0.05, 0.1) is 12.7 Å². The van der Waals surface area contributed by atoms with Gasteiger partial charge in [-0.25, -0.2) is 0 Å². The lowest BCUT2D eigenvalue weighted by Gasteiger charge is -2.23. The third-order valence-corrected chi connectivity index (χ3v) is 4.91. The Bertz CT molecular complexity index is 388. The van der Waals surface area contributed by atoms with Gasteiger partial charge in [0, 0.05) is 21.7 Å². The normalized spacial score (nSPS) is 25.6. The molecule has 3 unspecified atom stereocenters. The molecule has 3 heteroatoms. The molecule has 0 spiro atoms. The van der Waals surface area contributed by atoms with E-state index in [2.05, 4.69) is 39.1 Å². The van der Waals surface area contributed by atoms with Crippen molar-refractivity contribution in [3.63, 3.8) is 0 Å². The van der Waals surface area contributed by atoms with Crippen molar-refractivity contribution < 1.29 is 4.74 Å². The van der Waals surface area contributed by atoms with E-state index in [0.717, 1.165) is 13.2 Å². The second-order valence-corrected chi connectivity index (χ2v) is 6.76. The van der Waals surface area contributed by atoms with E-state index in [0.29, 0.717) is 18.1 Å². The number of thiophene rings is 1. The molecule has 0 bridgehead atoms. The largest absolute Gasteiger partial charge is 0.378 e. The van der Waals surface area contributed by atoms with E-state index >= 15 is 0 Å². The maximum absolute atomic E-state index is 5.76. The zero-order valence-corrected chi connectivity index (χ0v) is 12.8. The highest BCUT2D eigenvalue weighted by molar-refractivity contribution is 7.12. The molecule has 0 amide bonds. The summed E-state index contributed by atoms with van der Waals surface area (Å²) >= 11 is 1.94. The monoisotopic (exact) mass is 267 g/mol. The van der Waals surface area contributed by atoms with Gasteiger partial charge in [0.1, 0.15) is 0 Å². The molecule has 1 aromatic heterocycles. The first-order valence-corrected chi connectivity index (χ1v) is 7.85. The fourth-order valence-corrected chi connectivity index (χ4v) is 4.03. The van der Waals surface area contributed by atoms with E-state index in [1.807, 2.05) is 11.3 Å². The molecule has 1 aliphatic rings. The minimum absolute atomic E-state index is 0.419. The number of aryl methyl sites for hydroxylation is 2. The van der Waals surface area contributed by atoms with Gasteiger partial charge in [-0.15, -0.1) is 11.3 Å². The van der Waals surface area contributed by atoms with Crippen molar-refractivity contribution in [2.75, 3.05) is 13.2 Å². The van der Waals surface area contributed by atoms with Crippen LogP contribution >= 0.6 is 11.3 Å². The second-order valence-electron chi connectivity index (χ2n) is 5.48. The third-order valence-electron chi connectivity index (χ3n) is 3.68. The van der Waals surface area contributed by atoms with Crippen LogP contribution in [0.1, 0.15) is 48.0 Å². The molecule has 18 heavy (non-hydrogen) atoms. The first-order valence-electron chi connectivity index (χ1n) is 7.03. The molecule has 0 aliphatic carbocycles. The van der Waals surface area contributed by atoms with E-state index in [9.17, 15) is 0 Å². The standard InChI is InChI=1S/C15H25NOS/c1-5-6-16-14(13-8-11(3)17-9-13)15-10(2)7-12(4)18-15/h7,11,13-14,16H,5-6,8-9H2,1-4H3. The summed E-state index contributed by atoms with van der Waals surface area (Å²) in [6, 6.07) is 2.79. The number of ether oxygens (including phenoxy) is 1. The molecule has 1 aromatic rings. The molecular formula is C15H25NOS. The van der Waals surface area contributed by atoms with Crippen LogP contribution in [-0.4, -0.2) is 19.3 Å². The summed E-state index contributed by atoms with van der Waals surface area (Å²) in [5.74, 6) is 0.628. The maximum Gasteiger partial charge on any atom is 0.0551 e. The van der Waals surface area contributed by atoms with Crippen LogP contribution in [0.15, 0.2) is 6.07 Å². The lowest BCUT2D eigenvalue weighted by atomic mass is 9.94. The van der Waals surface area contributed by atoms with Crippen LogP contribution in [-0.2, 0) is 4.74 Å². The molecule has 1 aliphatic heterocycles. The van der Waals surface area contributed by atoms with Gasteiger partial charge in [-0.2, -0.15) is 0 Å². The smallest absolute Gasteiger partial charge is 0.0551 e. The number of nitrogens with one attached hydrogen (secondary N) is 1. The van der Waals surface area contributed by atoms with Gasteiger partial charge in [-0.3, -0.25) is 0 Å². The Labute approximate surface area is 115 Å². The van der Waals surface area contributed by atoms with E-state index in [4.69, 9.17) is 4.74 Å². The molecule has 3 atom stereocenters. The summed E-state index contributed by atoms with van der Waals surface area (Å²) in [5.41, 5.74) is 1.44. The van der Waals surface area contributed by atoms with Gasteiger partial charge in [-0.1, -0.05) is 6.92 Å². The fourth-order valence-electron chi connectivity index (χ4n) is 2.82. The van der Waals surface area contributed by atoms with Crippen LogP contribution in [0.5, 0.6) is 0 Å². The summed E-state index contributed by atoms with van der Waals surface area (Å²) < 4.78 is 5.76. The van der Waals surface area contributed by atoms with Gasteiger partial charge >= 0.3 is 0 Å². The Morgan fingerprint density at radius 2 is 2.28 bits per heavy atom. The molecule has 1 fully saturated rings. The molecule has 0 aromatic carbocycles. The number of rotatable bonds is 5. The zero-order valence-electron chi connectivity index (χ0n) is 12.0. The maximum atomic E-state index is 5.76. The van der Waals surface area contributed by atoms with Crippen molar-refractivity contribution in [3.8, 4) is 0 Å². The van der Waals surface area contributed by atoms with Crippen LogP contribution in [0.2, 0.25) is 0 Å². The van der Waals surface area contributed by atoms with Gasteiger partial charge in [-0.05, 0) is 51.8 Å². The quantitative estimate of drug-likeness (QED) is 0.875. The fraction of sp³-hybridized carbons (Fsp3) is 0.733. The predicted molar refractivity (Wildman–Crippen MR) is 78.3 cm³/mol. The summed E-state index contributed by atoms with van der Waals surface area (Å²) in [6.07, 6.45) is 2.78. The van der Waals surface area contributed by atoms with E-state index in [1.165, 1.54) is 28.2 Å². The minimum Gasteiger partial charge on any atom is -0.378 e. The average Bonchev–Trinajstić information content (AvgIpc) is 2.87. The molecule has 2 heterocycles. The summed E-state index contributed by atoms with van der Waals surface area (Å²) in [4.78, 5) is 2.93. The number of hydrogen-bond donors (Lipinski definition) is 1. The van der Waals surface area contributed by atoms with Crippen molar-refractivity contribution >= 4 is 11.3 Å². The minimum atomic E-state index is 0.419. The molecule has 0 saturated carbocycles. The van der Waals surface area contributed by atoms with E-state index in [-0.39, 0.29) is 0 Å². The Morgan fingerprint density at radius 1 is 1.50 bits per heavy atom. The Kier molecular flexibility index (Phi) is 4.82. The molecule has 2 rings (SSSR count). The van der Waals surface area contributed by atoms with Crippen LogP contribution in [0.3, 0.4) is 0 Å². The molecule has 102 valence electrons. The molecule has 2 nitrogen and oxygen atoms in total. The van der Waals surface area contributed by atoms with Crippen LogP contribution < -0.4 is 5.32 Å². The molecule has 1 N–H and O–H groups in total. The summed E-state index contributed by atoms with van der Waals surface area (Å²) in [6.45, 7) is 10.8. The highest BCUT2D eigenvalue weighted by Crippen LogP contribution is 2.37. The first-order chi connectivity index (χ1) is 8.61. The molecule has 0 radical (unpaired) electrons. The van der Waals surface area contributed by atoms with E-state index in [1.54, 1.807) is 0 Å². The van der Waals surface area contributed by atoms with Gasteiger partial charge in [0.2, 0.25) is 0 Å². The van der Waals surface area contributed by atoms with Gasteiger partial charge in [0.25, 0.3) is 0 Å². The predicted octanol–water partition coefficient (Wildman–Crippen LogP) is 3.83. The second kappa shape index (κ2) is 6.18. The summed E-state index contributed by atoms with van der Waals surface area (Å²) in [7, 11) is 0. The number of hydrogen-bond acceptors (Lipinski definition) is 3. The zero-order chi connectivity index (χ0) is 13.1. The lowest BCUT2D eigenvalue weighted by Crippen LogP contribution is -2.29. The first kappa shape index (κ1) is 14.0. The van der Waals surface area contributed by atoms with Crippen molar-refractivity contribution in [1.29, 1.82) is 0 Å². The van der Waals surface area contributed by atoms with Crippen LogP contribution in [0.25, 0.3) is 0 Å². The van der Waals surface area contributed by atoms with Gasteiger partial charge in [0.15, 0.2) is 0 Å². The highest BCUT2D eigenvalue weighted by Gasteiger charge is 2.31. The SMILES string of the molecule is CCCNC(c1sc(C)cc1C)C1COC(C)C1. The van der Waals surface area contributed by atoms with Crippen molar-refractivity contribution in [1.82, 2.24) is 5.32 Å². The van der Waals surface area contributed by atoms with Crippen LogP contribution in [0, 0.1) is 19.8 Å². The van der Waals surface area contributed by atoms with Crippen molar-refractivity contribution in [2.45, 2.75) is 52.7 Å². The average molecular weight is 267 g/mol. The Morgan fingerprint density at radius 3 is 2.78 bits per heavy atom. The third kappa shape index (κ3) is 3.14. The lowest BCUT2D eigenvalue weighted by molar-refractivity contribution is 0.117. The van der Waals surface area contributed by atoms with Crippen LogP contribution in [0.4, 0.5) is 0 Å². The van der Waals surface area contributed by atoms with E-state index < -0.39 is 0 Å². The Balaban J connectivity index is 2.16.